The zero-order chi connectivity index (χ0) is 13.4. The third kappa shape index (κ3) is 1.89. The van der Waals surface area contributed by atoms with Crippen molar-refractivity contribution in [1.29, 1.82) is 5.26 Å². The number of rotatable bonds is 1. The number of hydrogen-bond donors (Lipinski definition) is 2. The van der Waals surface area contributed by atoms with Gasteiger partial charge in [-0.05, 0) is 23.8 Å². The number of nitrogens with zero attached hydrogens (tertiary/aromatic N) is 2. The van der Waals surface area contributed by atoms with Crippen molar-refractivity contribution in [1.82, 2.24) is 4.98 Å². The van der Waals surface area contributed by atoms with E-state index in [1.807, 2.05) is 24.3 Å². The Morgan fingerprint density at radius 2 is 2.21 bits per heavy atom. The van der Waals surface area contributed by atoms with Crippen LogP contribution in [0.1, 0.15) is 11.1 Å². The van der Waals surface area contributed by atoms with E-state index in [-0.39, 0.29) is 17.2 Å². The average Bonchev–Trinajstić information content (AvgIpc) is 2.78. The van der Waals surface area contributed by atoms with Crippen molar-refractivity contribution in [2.24, 2.45) is 0 Å². The lowest BCUT2D eigenvalue weighted by atomic mass is 10.0. The van der Waals surface area contributed by atoms with Crippen LogP contribution in [-0.2, 0) is 11.2 Å². The molecule has 2 aromatic rings. The molecule has 0 radical (unpaired) electrons. The Morgan fingerprint density at radius 3 is 3.00 bits per heavy atom. The van der Waals surface area contributed by atoms with Crippen molar-refractivity contribution in [3.05, 3.63) is 41.6 Å². The maximum atomic E-state index is 11.3. The van der Waals surface area contributed by atoms with Gasteiger partial charge in [0.15, 0.2) is 5.75 Å². The van der Waals surface area contributed by atoms with Gasteiger partial charge in [0, 0.05) is 11.3 Å². The third-order valence-electron chi connectivity index (χ3n) is 3.03. The van der Waals surface area contributed by atoms with Crippen LogP contribution in [0.2, 0.25) is 0 Å². The second-order valence-electron chi connectivity index (χ2n) is 4.30. The van der Waals surface area contributed by atoms with Gasteiger partial charge < -0.3 is 10.4 Å². The molecule has 5 nitrogen and oxygen atoms in total. The van der Waals surface area contributed by atoms with Crippen LogP contribution in [0.5, 0.6) is 5.75 Å². The highest BCUT2D eigenvalue weighted by Crippen LogP contribution is 2.29. The normalized spacial score (nSPS) is 12.7. The van der Waals surface area contributed by atoms with Gasteiger partial charge in [-0.1, -0.05) is 6.07 Å². The van der Waals surface area contributed by atoms with Gasteiger partial charge in [0.1, 0.15) is 6.07 Å². The summed E-state index contributed by atoms with van der Waals surface area (Å²) in [4.78, 5) is 15.4. The molecule has 0 bridgehead atoms. The van der Waals surface area contributed by atoms with Crippen molar-refractivity contribution < 1.29 is 9.90 Å². The van der Waals surface area contributed by atoms with E-state index >= 15 is 0 Å². The molecule has 2 heterocycles. The van der Waals surface area contributed by atoms with E-state index in [0.29, 0.717) is 12.1 Å². The molecule has 19 heavy (non-hydrogen) atoms. The maximum Gasteiger partial charge on any atom is 0.228 e. The number of anilines is 1. The molecule has 0 unspecified atom stereocenters. The number of amides is 1. The summed E-state index contributed by atoms with van der Waals surface area (Å²) in [6.07, 6.45) is 1.61. The Hall–Kier alpha value is -2.87. The van der Waals surface area contributed by atoms with Crippen LogP contribution in [0.3, 0.4) is 0 Å². The van der Waals surface area contributed by atoms with E-state index in [4.69, 9.17) is 5.26 Å². The molecule has 0 fully saturated rings. The lowest BCUT2D eigenvalue weighted by molar-refractivity contribution is -0.115. The van der Waals surface area contributed by atoms with E-state index in [1.165, 1.54) is 12.3 Å². The molecule has 1 aliphatic heterocycles. The van der Waals surface area contributed by atoms with E-state index in [1.54, 1.807) is 0 Å². The number of aromatic hydroxyl groups is 1. The van der Waals surface area contributed by atoms with Crippen LogP contribution in [0.25, 0.3) is 11.3 Å². The van der Waals surface area contributed by atoms with Crippen molar-refractivity contribution >= 4 is 11.6 Å². The molecule has 5 heteroatoms. The first-order chi connectivity index (χ1) is 9.17. The summed E-state index contributed by atoms with van der Waals surface area (Å²) >= 11 is 0. The number of nitrogens with one attached hydrogen (secondary N) is 1. The largest absolute Gasteiger partial charge is 0.505 e. The Morgan fingerprint density at radius 1 is 1.37 bits per heavy atom. The Bertz CT molecular complexity index is 732. The molecule has 0 aliphatic carbocycles. The molecule has 1 aromatic heterocycles. The molecule has 1 aromatic carbocycles. The molecule has 1 amide bonds. The monoisotopic (exact) mass is 251 g/mol. The van der Waals surface area contributed by atoms with Crippen LogP contribution in [-0.4, -0.2) is 16.0 Å². The lowest BCUT2D eigenvalue weighted by Gasteiger charge is -2.05. The standard InChI is InChI=1S/C14H9N3O2/c15-6-10-4-12(16-7-13(10)18)8-1-2-11-9(3-8)5-14(19)17-11/h1-4,7,18H,5H2,(H,17,19). The number of aromatic nitrogens is 1. The molecule has 0 spiro atoms. The van der Waals surface area contributed by atoms with E-state index in [2.05, 4.69) is 10.3 Å². The smallest absolute Gasteiger partial charge is 0.228 e. The van der Waals surface area contributed by atoms with E-state index in [9.17, 15) is 9.90 Å². The molecule has 0 atom stereocenters. The summed E-state index contributed by atoms with van der Waals surface area (Å²) in [5.74, 6) is -0.159. The molecule has 1 aliphatic rings. The summed E-state index contributed by atoms with van der Waals surface area (Å²) in [5.41, 5.74) is 3.31. The minimum atomic E-state index is -0.135. The second-order valence-corrected chi connectivity index (χ2v) is 4.30. The van der Waals surface area contributed by atoms with Crippen LogP contribution in [0, 0.1) is 11.3 Å². The van der Waals surface area contributed by atoms with Gasteiger partial charge in [-0.15, -0.1) is 0 Å². The highest BCUT2D eigenvalue weighted by atomic mass is 16.3. The Balaban J connectivity index is 2.07. The Labute approximate surface area is 109 Å². The minimum Gasteiger partial charge on any atom is -0.505 e. The number of pyridine rings is 1. The van der Waals surface area contributed by atoms with Gasteiger partial charge in [-0.2, -0.15) is 5.26 Å². The molecule has 0 saturated carbocycles. The van der Waals surface area contributed by atoms with E-state index < -0.39 is 0 Å². The van der Waals surface area contributed by atoms with Gasteiger partial charge in [-0.3, -0.25) is 9.78 Å². The molecule has 2 N–H and O–H groups in total. The molecular weight excluding hydrogens is 242 g/mol. The van der Waals surface area contributed by atoms with Crippen molar-refractivity contribution in [2.75, 3.05) is 5.32 Å². The summed E-state index contributed by atoms with van der Waals surface area (Å²) in [6, 6.07) is 8.95. The summed E-state index contributed by atoms with van der Waals surface area (Å²) in [5, 5.41) is 21.1. The highest BCUT2D eigenvalue weighted by Gasteiger charge is 2.18. The third-order valence-corrected chi connectivity index (χ3v) is 3.03. The SMILES string of the molecule is N#Cc1cc(-c2ccc3c(c2)CC(=O)N3)ncc1O. The number of carbonyl (C=O) groups excluding carboxylic acids is 1. The number of carbonyl (C=O) groups is 1. The predicted molar refractivity (Wildman–Crippen MR) is 68.4 cm³/mol. The average molecular weight is 251 g/mol. The minimum absolute atomic E-state index is 0.0245. The van der Waals surface area contributed by atoms with Crippen LogP contribution in [0.15, 0.2) is 30.5 Å². The fourth-order valence-electron chi connectivity index (χ4n) is 2.08. The summed E-state index contributed by atoms with van der Waals surface area (Å²) in [7, 11) is 0. The number of hydrogen-bond acceptors (Lipinski definition) is 4. The van der Waals surface area contributed by atoms with Crippen LogP contribution >= 0.6 is 0 Å². The molecule has 92 valence electrons. The molecule has 3 rings (SSSR count). The summed E-state index contributed by atoms with van der Waals surface area (Å²) in [6.45, 7) is 0. The first kappa shape index (κ1) is 11.2. The number of nitriles is 1. The first-order valence-corrected chi connectivity index (χ1v) is 5.69. The zero-order valence-electron chi connectivity index (χ0n) is 9.84. The van der Waals surface area contributed by atoms with Crippen molar-refractivity contribution in [3.8, 4) is 23.1 Å². The van der Waals surface area contributed by atoms with Gasteiger partial charge in [0.25, 0.3) is 0 Å². The fraction of sp³-hybridized carbons (Fsp3) is 0.0714. The highest BCUT2D eigenvalue weighted by molar-refractivity contribution is 5.99. The molecule has 0 saturated heterocycles. The first-order valence-electron chi connectivity index (χ1n) is 5.69. The number of benzene rings is 1. The van der Waals surface area contributed by atoms with Crippen LogP contribution in [0.4, 0.5) is 5.69 Å². The van der Waals surface area contributed by atoms with Gasteiger partial charge in [-0.25, -0.2) is 0 Å². The quantitative estimate of drug-likeness (QED) is 0.809. The van der Waals surface area contributed by atoms with Crippen LogP contribution < -0.4 is 5.32 Å². The maximum absolute atomic E-state index is 11.3. The van der Waals surface area contributed by atoms with Gasteiger partial charge in [0.2, 0.25) is 5.91 Å². The lowest BCUT2D eigenvalue weighted by Crippen LogP contribution is -2.03. The Kier molecular flexibility index (Phi) is 2.43. The van der Waals surface area contributed by atoms with Gasteiger partial charge in [0.05, 0.1) is 23.9 Å². The second kappa shape index (κ2) is 4.10. The zero-order valence-corrected chi connectivity index (χ0v) is 9.84. The fourth-order valence-corrected chi connectivity index (χ4v) is 2.08. The van der Waals surface area contributed by atoms with E-state index in [0.717, 1.165) is 16.8 Å². The number of fused-ring (bicyclic) bond motifs is 1. The summed E-state index contributed by atoms with van der Waals surface area (Å²) < 4.78 is 0. The van der Waals surface area contributed by atoms with Crippen molar-refractivity contribution in [2.45, 2.75) is 6.42 Å². The predicted octanol–water partition coefficient (Wildman–Crippen LogP) is 1.82. The van der Waals surface area contributed by atoms with Crippen molar-refractivity contribution in [3.63, 3.8) is 0 Å². The van der Waals surface area contributed by atoms with Gasteiger partial charge >= 0.3 is 0 Å². The molecular formula is C14H9N3O2. The topological polar surface area (TPSA) is 86.0 Å².